The Hall–Kier alpha value is -0.250. The van der Waals surface area contributed by atoms with Crippen LogP contribution in [0.2, 0.25) is 0 Å². The predicted molar refractivity (Wildman–Crippen MR) is 72.2 cm³/mol. The summed E-state index contributed by atoms with van der Waals surface area (Å²) in [6, 6.07) is 0. The lowest BCUT2D eigenvalue weighted by Crippen LogP contribution is -2.18. The topological polar surface area (TPSA) is 26.3 Å². The number of thioether (sulfide) groups is 1. The number of carbonyl (C=O) groups is 1. The highest BCUT2D eigenvalue weighted by Crippen LogP contribution is 2.16. The Bertz CT molecular complexity index is 200. The second kappa shape index (κ2) is 10.9. The van der Waals surface area contributed by atoms with Crippen molar-refractivity contribution in [3.63, 3.8) is 0 Å². The maximum absolute atomic E-state index is 12.9. The van der Waals surface area contributed by atoms with Crippen LogP contribution in [0.15, 0.2) is 0 Å². The Balaban J connectivity index is 3.50. The molecule has 0 aromatic rings. The third kappa shape index (κ3) is 9.45. The number of hydrogen-bond acceptors (Lipinski definition) is 3. The molecule has 0 fully saturated rings. The first-order valence-electron chi connectivity index (χ1n) is 6.54. The minimum absolute atomic E-state index is 0.133. The number of alkyl halides is 1. The molecule has 2 nitrogen and oxygen atoms in total. The van der Waals surface area contributed by atoms with Crippen molar-refractivity contribution in [1.29, 1.82) is 0 Å². The van der Waals surface area contributed by atoms with Gasteiger partial charge in [-0.15, -0.1) is 11.8 Å². The number of ether oxygens (including phenoxy) is 1. The molecule has 2 atom stereocenters. The van der Waals surface area contributed by atoms with Gasteiger partial charge in [0.25, 0.3) is 0 Å². The molecule has 0 spiro atoms. The summed E-state index contributed by atoms with van der Waals surface area (Å²) in [6.45, 7) is 6.28. The highest BCUT2D eigenvalue weighted by molar-refractivity contribution is 8.00. The van der Waals surface area contributed by atoms with Crippen molar-refractivity contribution in [3.05, 3.63) is 0 Å². The van der Waals surface area contributed by atoms with Gasteiger partial charge in [-0.2, -0.15) is 0 Å². The molecule has 0 aliphatic rings. The number of hydrogen-bond donors (Lipinski definition) is 0. The fourth-order valence-electron chi connectivity index (χ4n) is 1.27. The first-order valence-corrected chi connectivity index (χ1v) is 7.59. The molecular formula is C13H25FO2S. The van der Waals surface area contributed by atoms with E-state index in [1.54, 1.807) is 11.8 Å². The zero-order chi connectivity index (χ0) is 13.1. The number of rotatable bonds is 10. The van der Waals surface area contributed by atoms with Crippen LogP contribution in [0.3, 0.4) is 0 Å². The van der Waals surface area contributed by atoms with Crippen LogP contribution in [0.1, 0.15) is 52.9 Å². The monoisotopic (exact) mass is 264 g/mol. The van der Waals surface area contributed by atoms with Crippen molar-refractivity contribution in [3.8, 4) is 0 Å². The third-order valence-electron chi connectivity index (χ3n) is 2.55. The number of unbranched alkanes of at least 4 members (excludes halogenated alkanes) is 1. The maximum atomic E-state index is 12.9. The van der Waals surface area contributed by atoms with Gasteiger partial charge in [-0.3, -0.25) is 4.79 Å². The summed E-state index contributed by atoms with van der Waals surface area (Å²) in [4.78, 5) is 11.5. The second-order valence-electron chi connectivity index (χ2n) is 4.18. The minimum atomic E-state index is -0.692. The average molecular weight is 264 g/mol. The SMILES string of the molecule is CCCCOC(=O)C(C)SCCCC(F)CC. The Morgan fingerprint density at radius 3 is 2.65 bits per heavy atom. The molecule has 102 valence electrons. The summed E-state index contributed by atoms with van der Waals surface area (Å²) >= 11 is 1.55. The van der Waals surface area contributed by atoms with Crippen molar-refractivity contribution in [1.82, 2.24) is 0 Å². The van der Waals surface area contributed by atoms with Gasteiger partial charge in [-0.1, -0.05) is 20.3 Å². The van der Waals surface area contributed by atoms with Crippen LogP contribution in [0, 0.1) is 0 Å². The summed E-state index contributed by atoms with van der Waals surface area (Å²) in [5.74, 6) is 0.681. The third-order valence-corrected chi connectivity index (χ3v) is 3.76. The second-order valence-corrected chi connectivity index (χ2v) is 5.63. The summed E-state index contributed by atoms with van der Waals surface area (Å²) in [6.07, 6.45) is 3.27. The molecule has 17 heavy (non-hydrogen) atoms. The Morgan fingerprint density at radius 2 is 2.06 bits per heavy atom. The summed E-state index contributed by atoms with van der Waals surface area (Å²) in [7, 11) is 0. The van der Waals surface area contributed by atoms with Crippen LogP contribution >= 0.6 is 11.8 Å². The van der Waals surface area contributed by atoms with Crippen molar-refractivity contribution < 1.29 is 13.9 Å². The van der Waals surface area contributed by atoms with E-state index in [1.165, 1.54) is 0 Å². The Kier molecular flexibility index (Phi) is 10.7. The predicted octanol–water partition coefficient (Wildman–Crippen LogP) is 3.98. The lowest BCUT2D eigenvalue weighted by atomic mass is 10.2. The van der Waals surface area contributed by atoms with Gasteiger partial charge < -0.3 is 4.74 Å². The van der Waals surface area contributed by atoms with Crippen molar-refractivity contribution in [2.75, 3.05) is 12.4 Å². The van der Waals surface area contributed by atoms with E-state index in [-0.39, 0.29) is 11.2 Å². The van der Waals surface area contributed by atoms with E-state index in [0.29, 0.717) is 19.4 Å². The first-order chi connectivity index (χ1) is 8.11. The standard InChI is InChI=1S/C13H25FO2S/c1-4-6-9-16-13(15)11(3)17-10-7-8-12(14)5-2/h11-12H,4-10H2,1-3H3. The van der Waals surface area contributed by atoms with Gasteiger partial charge in [0.05, 0.1) is 18.0 Å². The van der Waals surface area contributed by atoms with E-state index in [9.17, 15) is 9.18 Å². The normalized spacial score (nSPS) is 14.4. The van der Waals surface area contributed by atoms with E-state index >= 15 is 0 Å². The Morgan fingerprint density at radius 1 is 1.35 bits per heavy atom. The largest absolute Gasteiger partial charge is 0.465 e. The van der Waals surface area contributed by atoms with Gasteiger partial charge >= 0.3 is 5.97 Å². The minimum Gasteiger partial charge on any atom is -0.465 e. The molecule has 0 aliphatic carbocycles. The van der Waals surface area contributed by atoms with Crippen molar-refractivity contribution >= 4 is 17.7 Å². The molecule has 4 heteroatoms. The van der Waals surface area contributed by atoms with Crippen LogP contribution in [-0.2, 0) is 9.53 Å². The molecule has 0 saturated carbocycles. The molecule has 2 unspecified atom stereocenters. The molecule has 0 amide bonds. The lowest BCUT2D eigenvalue weighted by Gasteiger charge is -2.11. The van der Waals surface area contributed by atoms with Gasteiger partial charge in [0, 0.05) is 0 Å². The zero-order valence-electron chi connectivity index (χ0n) is 11.2. The first kappa shape index (κ1) is 16.8. The van der Waals surface area contributed by atoms with Gasteiger partial charge in [0.15, 0.2) is 0 Å². The maximum Gasteiger partial charge on any atom is 0.318 e. The average Bonchev–Trinajstić information content (AvgIpc) is 2.34. The van der Waals surface area contributed by atoms with Crippen LogP contribution < -0.4 is 0 Å². The fourth-order valence-corrected chi connectivity index (χ4v) is 2.16. The fraction of sp³-hybridized carbons (Fsp3) is 0.923. The van der Waals surface area contributed by atoms with Gasteiger partial charge in [-0.25, -0.2) is 4.39 Å². The number of esters is 1. The van der Waals surface area contributed by atoms with Crippen molar-refractivity contribution in [2.24, 2.45) is 0 Å². The van der Waals surface area contributed by atoms with Crippen LogP contribution in [0.5, 0.6) is 0 Å². The zero-order valence-corrected chi connectivity index (χ0v) is 12.0. The van der Waals surface area contributed by atoms with Crippen molar-refractivity contribution in [2.45, 2.75) is 64.3 Å². The molecule has 0 rings (SSSR count). The Labute approximate surface area is 109 Å². The van der Waals surface area contributed by atoms with E-state index in [2.05, 4.69) is 6.92 Å². The molecule has 0 aromatic carbocycles. The van der Waals surface area contributed by atoms with E-state index < -0.39 is 6.17 Å². The quantitative estimate of drug-likeness (QED) is 0.441. The van der Waals surface area contributed by atoms with Gasteiger partial charge in [0.1, 0.15) is 0 Å². The summed E-state index contributed by atoms with van der Waals surface area (Å²) in [5, 5.41) is -0.133. The lowest BCUT2D eigenvalue weighted by molar-refractivity contribution is -0.142. The molecule has 0 aromatic heterocycles. The molecule has 0 radical (unpaired) electrons. The molecule has 0 aliphatic heterocycles. The highest BCUT2D eigenvalue weighted by Gasteiger charge is 2.14. The van der Waals surface area contributed by atoms with Crippen LogP contribution in [-0.4, -0.2) is 29.8 Å². The molecule has 0 heterocycles. The molecule has 0 saturated heterocycles. The summed E-state index contributed by atoms with van der Waals surface area (Å²) in [5.41, 5.74) is 0. The van der Waals surface area contributed by atoms with Gasteiger partial charge in [0.2, 0.25) is 0 Å². The van der Waals surface area contributed by atoms with E-state index in [0.717, 1.165) is 25.0 Å². The molecule has 0 bridgehead atoms. The smallest absolute Gasteiger partial charge is 0.318 e. The van der Waals surface area contributed by atoms with Crippen LogP contribution in [0.25, 0.3) is 0 Å². The van der Waals surface area contributed by atoms with Gasteiger partial charge in [-0.05, 0) is 38.4 Å². The molecule has 0 N–H and O–H groups in total. The summed E-state index contributed by atoms with van der Waals surface area (Å²) < 4.78 is 18.0. The number of halogens is 1. The highest BCUT2D eigenvalue weighted by atomic mass is 32.2. The number of carbonyl (C=O) groups excluding carboxylic acids is 1. The van der Waals surface area contributed by atoms with E-state index in [1.807, 2.05) is 13.8 Å². The van der Waals surface area contributed by atoms with Crippen LogP contribution in [0.4, 0.5) is 4.39 Å². The van der Waals surface area contributed by atoms with E-state index in [4.69, 9.17) is 4.74 Å². The molecular weight excluding hydrogens is 239 g/mol.